The van der Waals surface area contributed by atoms with Crippen LogP contribution in [0.5, 0.6) is 5.75 Å². The van der Waals surface area contributed by atoms with Gasteiger partial charge in [-0.05, 0) is 125 Å². The predicted octanol–water partition coefficient (Wildman–Crippen LogP) is 8.60. The van der Waals surface area contributed by atoms with Crippen LogP contribution in [0.2, 0.25) is 0 Å². The number of ketones is 1. The lowest BCUT2D eigenvalue weighted by atomic mass is 9.64. The summed E-state index contributed by atoms with van der Waals surface area (Å²) in [5, 5.41) is 24.2. The normalized spacial score (nSPS) is 31.0. The Labute approximate surface area is 331 Å². The second-order valence-electron chi connectivity index (χ2n) is 17.8. The van der Waals surface area contributed by atoms with Crippen molar-refractivity contribution in [3.8, 4) is 5.75 Å². The third-order valence-electron chi connectivity index (χ3n) is 14.4. The van der Waals surface area contributed by atoms with E-state index in [0.29, 0.717) is 56.1 Å². The summed E-state index contributed by atoms with van der Waals surface area (Å²) in [5.74, 6) is -1.82. The average Bonchev–Trinajstić information content (AvgIpc) is 3.85. The molecule has 2 aromatic carbocycles. The minimum atomic E-state index is -4.88. The van der Waals surface area contributed by atoms with Crippen molar-refractivity contribution in [1.29, 1.82) is 0 Å². The first kappa shape index (κ1) is 40.8. The summed E-state index contributed by atoms with van der Waals surface area (Å²) in [6.45, 7) is 9.32. The number of esters is 1. The van der Waals surface area contributed by atoms with E-state index in [9.17, 15) is 33.0 Å². The van der Waals surface area contributed by atoms with Crippen molar-refractivity contribution in [2.45, 2.75) is 129 Å². The van der Waals surface area contributed by atoms with Gasteiger partial charge in [0.2, 0.25) is 5.78 Å². The molecule has 9 nitrogen and oxygen atoms in total. The zero-order valence-electron chi connectivity index (χ0n) is 33.2. The first-order valence-corrected chi connectivity index (χ1v) is 19.9. The average molecular weight is 792 g/mol. The number of allylic oxidation sites excluding steroid dienone is 2. The smallest absolute Gasteiger partial charge is 0.461 e. The van der Waals surface area contributed by atoms with Crippen molar-refractivity contribution in [1.82, 2.24) is 4.90 Å². The van der Waals surface area contributed by atoms with Crippen molar-refractivity contribution in [2.75, 3.05) is 6.54 Å². The maximum Gasteiger partial charge on any atom is 0.573 e. The number of ether oxygens (including phenoxy) is 2. The van der Waals surface area contributed by atoms with Crippen LogP contribution < -0.4 is 4.74 Å². The Bertz CT molecular complexity index is 2060. The van der Waals surface area contributed by atoms with Crippen molar-refractivity contribution >= 4 is 17.7 Å². The Morgan fingerprint density at radius 1 is 0.982 bits per heavy atom. The highest BCUT2D eigenvalue weighted by atomic mass is 19.4. The first-order chi connectivity index (χ1) is 26.7. The third-order valence-corrected chi connectivity index (χ3v) is 14.4. The van der Waals surface area contributed by atoms with Gasteiger partial charge in [-0.15, -0.1) is 13.2 Å². The van der Waals surface area contributed by atoms with Crippen LogP contribution in [0.15, 0.2) is 76.9 Å². The minimum absolute atomic E-state index is 0.0848. The molecular formula is C45H52F3NO8. The summed E-state index contributed by atoms with van der Waals surface area (Å²) in [6.07, 6.45) is 2.20. The van der Waals surface area contributed by atoms with Gasteiger partial charge in [-0.2, -0.15) is 0 Å². The van der Waals surface area contributed by atoms with Gasteiger partial charge in [-0.25, -0.2) is 0 Å². The lowest BCUT2D eigenvalue weighted by Crippen LogP contribution is -2.60. The van der Waals surface area contributed by atoms with Crippen molar-refractivity contribution in [3.63, 3.8) is 0 Å². The summed E-state index contributed by atoms with van der Waals surface area (Å²) in [7, 11) is 0. The second kappa shape index (κ2) is 14.4. The number of carbonyl (C=O) groups excluding carboxylic acids is 3. The number of furan rings is 1. The standard InChI is InChI=1S/C45H52F3NO8/c1-28-8-6-19-41(4)35(33-17-13-30(24-31(50)14-10-28)25-34(33)37(51)36-9-7-23-55-36)18-20-43(41,54)27-49(26-29-11-15-32(16-12-29)56-45(46,47)48)38(52)44-22-21-42(5,39(53)57-44)40(44,2)3/h7-9,11-13,15-17,23,25,31,35,50,54H,6,10,14,18-22,24,26-27H2,1-5H3. The fraction of sp³-hybridized carbons (Fsp3) is 0.533. The zero-order chi connectivity index (χ0) is 41.2. The highest BCUT2D eigenvalue weighted by Gasteiger charge is 2.76. The molecule has 2 N–H and O–H groups in total. The number of alkyl halides is 3. The SMILES string of the molecule is CC1=CCCC2(C)C(CCC2(O)CN(Cc2ccc(OC(F)(F)F)cc2)C(=O)C23CCC(C)(C(=O)O2)C3(C)C)c2ccc(cc2C(=O)c2ccco2)CC(O)CC1. The second-order valence-corrected chi connectivity index (χ2v) is 17.8. The largest absolute Gasteiger partial charge is 0.573 e. The lowest BCUT2D eigenvalue weighted by molar-refractivity contribution is -0.274. The van der Waals surface area contributed by atoms with Crippen molar-refractivity contribution < 1.29 is 51.7 Å². The topological polar surface area (TPSA) is 127 Å². The molecule has 306 valence electrons. The quantitative estimate of drug-likeness (QED) is 0.132. The molecular weight excluding hydrogens is 739 g/mol. The Morgan fingerprint density at radius 2 is 1.72 bits per heavy atom. The molecule has 6 atom stereocenters. The zero-order valence-corrected chi connectivity index (χ0v) is 33.2. The fourth-order valence-electron chi connectivity index (χ4n) is 10.2. The molecule has 4 bridgehead atoms. The first-order valence-electron chi connectivity index (χ1n) is 19.9. The molecule has 1 aliphatic heterocycles. The van der Waals surface area contributed by atoms with Gasteiger partial charge in [0, 0.05) is 22.9 Å². The van der Waals surface area contributed by atoms with E-state index in [1.165, 1.54) is 35.4 Å². The lowest BCUT2D eigenvalue weighted by Gasteiger charge is -2.47. The number of benzene rings is 2. The number of nitrogens with zero attached hydrogens (tertiary/aromatic N) is 1. The van der Waals surface area contributed by atoms with Gasteiger partial charge in [0.05, 0.1) is 29.9 Å². The van der Waals surface area contributed by atoms with Crippen LogP contribution in [0.25, 0.3) is 0 Å². The van der Waals surface area contributed by atoms with Crippen LogP contribution in [0.3, 0.4) is 0 Å². The van der Waals surface area contributed by atoms with Crippen LogP contribution in [-0.2, 0) is 27.3 Å². The van der Waals surface area contributed by atoms with Crippen molar-refractivity contribution in [3.05, 3.63) is 101 Å². The number of halogens is 3. The maximum absolute atomic E-state index is 15.2. The molecule has 3 aromatic rings. The van der Waals surface area contributed by atoms with E-state index in [4.69, 9.17) is 9.15 Å². The van der Waals surface area contributed by atoms with E-state index < -0.39 is 57.5 Å². The molecule has 8 rings (SSSR count). The number of aliphatic hydroxyl groups excluding tert-OH is 1. The Kier molecular flexibility index (Phi) is 10.3. The summed E-state index contributed by atoms with van der Waals surface area (Å²) in [6, 6.07) is 14.2. The van der Waals surface area contributed by atoms with Gasteiger partial charge >= 0.3 is 12.3 Å². The maximum atomic E-state index is 15.2. The molecule has 0 radical (unpaired) electrons. The highest BCUT2D eigenvalue weighted by molar-refractivity contribution is 6.08. The van der Waals surface area contributed by atoms with Crippen LogP contribution in [0.4, 0.5) is 13.2 Å². The molecule has 2 heterocycles. The van der Waals surface area contributed by atoms with Gasteiger partial charge in [0.1, 0.15) is 5.75 Å². The molecule has 2 saturated carbocycles. The number of amides is 1. The fourth-order valence-corrected chi connectivity index (χ4v) is 10.2. The molecule has 1 aromatic heterocycles. The number of hydrogen-bond acceptors (Lipinski definition) is 8. The molecule has 1 saturated heterocycles. The van der Waals surface area contributed by atoms with E-state index in [1.54, 1.807) is 12.1 Å². The number of rotatable bonds is 8. The summed E-state index contributed by atoms with van der Waals surface area (Å²) in [5.41, 5.74) is -2.19. The van der Waals surface area contributed by atoms with Gasteiger partial charge in [0.15, 0.2) is 11.4 Å². The highest BCUT2D eigenvalue weighted by Crippen LogP contribution is 2.66. The Hall–Kier alpha value is -4.42. The molecule has 4 aliphatic carbocycles. The van der Waals surface area contributed by atoms with Gasteiger partial charge in [-0.1, -0.05) is 56.7 Å². The summed E-state index contributed by atoms with van der Waals surface area (Å²) in [4.78, 5) is 44.2. The number of aliphatic hydroxyl groups is 2. The van der Waals surface area contributed by atoms with E-state index in [1.807, 2.05) is 52.8 Å². The van der Waals surface area contributed by atoms with Crippen LogP contribution in [-0.4, -0.2) is 63.0 Å². The molecule has 5 aliphatic rings. The van der Waals surface area contributed by atoms with Crippen LogP contribution >= 0.6 is 0 Å². The van der Waals surface area contributed by atoms with Gasteiger partial charge < -0.3 is 29.0 Å². The van der Waals surface area contributed by atoms with E-state index in [0.717, 1.165) is 16.7 Å². The van der Waals surface area contributed by atoms with Gasteiger partial charge in [0.25, 0.3) is 5.91 Å². The molecule has 3 fully saturated rings. The van der Waals surface area contributed by atoms with E-state index in [-0.39, 0.29) is 43.4 Å². The third kappa shape index (κ3) is 7.00. The molecule has 6 unspecified atom stereocenters. The van der Waals surface area contributed by atoms with Crippen LogP contribution in [0.1, 0.15) is 125 Å². The summed E-state index contributed by atoms with van der Waals surface area (Å²) < 4.78 is 54.8. The molecule has 57 heavy (non-hydrogen) atoms. The number of fused-ring (bicyclic) bond motifs is 10. The molecule has 0 spiro atoms. The van der Waals surface area contributed by atoms with Crippen LogP contribution in [0, 0.1) is 16.2 Å². The Morgan fingerprint density at radius 3 is 2.35 bits per heavy atom. The molecule has 12 heteroatoms. The van der Waals surface area contributed by atoms with E-state index in [2.05, 4.69) is 10.8 Å². The van der Waals surface area contributed by atoms with E-state index >= 15 is 4.79 Å². The van der Waals surface area contributed by atoms with Gasteiger partial charge in [-0.3, -0.25) is 14.4 Å². The van der Waals surface area contributed by atoms with Crippen molar-refractivity contribution in [2.24, 2.45) is 16.2 Å². The molecule has 1 amide bonds. The Balaban J connectivity index is 1.31. The predicted molar refractivity (Wildman–Crippen MR) is 204 cm³/mol. The number of hydrogen-bond donors (Lipinski definition) is 2. The number of carbonyl (C=O) groups is 3. The minimum Gasteiger partial charge on any atom is -0.461 e. The monoisotopic (exact) mass is 791 g/mol. The summed E-state index contributed by atoms with van der Waals surface area (Å²) >= 11 is 0.